The van der Waals surface area contributed by atoms with E-state index in [0.717, 1.165) is 5.69 Å². The third-order valence-electron chi connectivity index (χ3n) is 4.03. The Labute approximate surface area is 127 Å². The number of aromatic amines is 1. The molecule has 2 atom stereocenters. The number of rotatable bonds is 3. The molecule has 0 unspecified atom stereocenters. The first-order valence-corrected chi connectivity index (χ1v) is 7.31. The fourth-order valence-electron chi connectivity index (χ4n) is 2.86. The number of likely N-dealkylation sites (tertiary alicyclic amines) is 1. The SMILES string of the molecule is CC(C)c1[nH]ncc1C(=O)N[C@H]1CC[C@H](C(F)(F)F)N(C)C1. The maximum absolute atomic E-state index is 12.8. The second-order valence-electron chi connectivity index (χ2n) is 6.10. The summed E-state index contributed by atoms with van der Waals surface area (Å²) in [7, 11) is 1.44. The van der Waals surface area contributed by atoms with Crippen LogP contribution in [0, 0.1) is 0 Å². The Morgan fingerprint density at radius 3 is 2.68 bits per heavy atom. The van der Waals surface area contributed by atoms with E-state index in [4.69, 9.17) is 0 Å². The zero-order chi connectivity index (χ0) is 16.5. The zero-order valence-corrected chi connectivity index (χ0v) is 12.9. The summed E-state index contributed by atoms with van der Waals surface area (Å²) in [6, 6.07) is -1.72. The first-order chi connectivity index (χ1) is 10.2. The smallest absolute Gasteiger partial charge is 0.348 e. The summed E-state index contributed by atoms with van der Waals surface area (Å²) < 4.78 is 38.4. The highest BCUT2D eigenvalue weighted by Crippen LogP contribution is 2.31. The summed E-state index contributed by atoms with van der Waals surface area (Å²) in [5, 5.41) is 9.47. The van der Waals surface area contributed by atoms with Crippen molar-refractivity contribution in [2.45, 2.75) is 50.9 Å². The summed E-state index contributed by atoms with van der Waals surface area (Å²) in [6.07, 6.45) is -2.46. The molecule has 1 aromatic heterocycles. The van der Waals surface area contributed by atoms with Crippen molar-refractivity contribution in [3.8, 4) is 0 Å². The van der Waals surface area contributed by atoms with Crippen LogP contribution in [0.3, 0.4) is 0 Å². The van der Waals surface area contributed by atoms with E-state index in [-0.39, 0.29) is 30.8 Å². The summed E-state index contributed by atoms with van der Waals surface area (Å²) >= 11 is 0. The van der Waals surface area contributed by atoms with E-state index < -0.39 is 12.2 Å². The number of nitrogens with one attached hydrogen (secondary N) is 2. The lowest BCUT2D eigenvalue weighted by Crippen LogP contribution is -2.54. The van der Waals surface area contributed by atoms with Gasteiger partial charge in [-0.25, -0.2) is 0 Å². The molecule has 0 aliphatic carbocycles. The molecule has 1 aromatic rings. The average Bonchev–Trinajstić information content (AvgIpc) is 2.86. The van der Waals surface area contributed by atoms with Crippen LogP contribution in [0.4, 0.5) is 13.2 Å². The minimum absolute atomic E-state index is 0.00658. The number of amides is 1. The van der Waals surface area contributed by atoms with Crippen molar-refractivity contribution in [3.63, 3.8) is 0 Å². The van der Waals surface area contributed by atoms with Crippen LogP contribution in [0.1, 0.15) is 48.7 Å². The van der Waals surface area contributed by atoms with E-state index in [2.05, 4.69) is 15.5 Å². The molecule has 2 N–H and O–H groups in total. The van der Waals surface area contributed by atoms with Gasteiger partial charge in [0, 0.05) is 12.6 Å². The second-order valence-corrected chi connectivity index (χ2v) is 6.10. The van der Waals surface area contributed by atoms with Gasteiger partial charge in [0.25, 0.3) is 5.91 Å². The number of hydrogen-bond donors (Lipinski definition) is 2. The Hall–Kier alpha value is -1.57. The third-order valence-corrected chi connectivity index (χ3v) is 4.03. The van der Waals surface area contributed by atoms with Crippen molar-refractivity contribution in [1.29, 1.82) is 0 Å². The van der Waals surface area contributed by atoms with Gasteiger partial charge in [-0.3, -0.25) is 14.8 Å². The fraction of sp³-hybridized carbons (Fsp3) is 0.714. The van der Waals surface area contributed by atoms with E-state index in [9.17, 15) is 18.0 Å². The highest BCUT2D eigenvalue weighted by molar-refractivity contribution is 5.95. The molecular formula is C14H21F3N4O. The van der Waals surface area contributed by atoms with Crippen LogP contribution in [-0.2, 0) is 0 Å². The van der Waals surface area contributed by atoms with Crippen molar-refractivity contribution in [1.82, 2.24) is 20.4 Å². The molecule has 0 aromatic carbocycles. The van der Waals surface area contributed by atoms with Gasteiger partial charge >= 0.3 is 6.18 Å². The third kappa shape index (κ3) is 3.60. The molecule has 8 heteroatoms. The van der Waals surface area contributed by atoms with Gasteiger partial charge in [0.1, 0.15) is 6.04 Å². The molecule has 0 radical (unpaired) electrons. The van der Waals surface area contributed by atoms with Gasteiger partial charge in [-0.05, 0) is 25.8 Å². The van der Waals surface area contributed by atoms with Gasteiger partial charge in [0.2, 0.25) is 0 Å². The summed E-state index contributed by atoms with van der Waals surface area (Å²) in [5.74, 6) is -0.173. The minimum Gasteiger partial charge on any atom is -0.348 e. The Bertz CT molecular complexity index is 526. The molecule has 2 heterocycles. The van der Waals surface area contributed by atoms with Crippen LogP contribution in [0.5, 0.6) is 0 Å². The quantitative estimate of drug-likeness (QED) is 0.899. The number of H-pyrrole nitrogens is 1. The lowest BCUT2D eigenvalue weighted by atomic mass is 9.98. The van der Waals surface area contributed by atoms with Crippen LogP contribution in [0.25, 0.3) is 0 Å². The number of piperidine rings is 1. The molecule has 0 spiro atoms. The van der Waals surface area contributed by atoms with Gasteiger partial charge in [0.05, 0.1) is 17.5 Å². The van der Waals surface area contributed by atoms with Crippen molar-refractivity contribution in [2.75, 3.05) is 13.6 Å². The number of carbonyl (C=O) groups excluding carboxylic acids is 1. The summed E-state index contributed by atoms with van der Waals surface area (Å²) in [5.41, 5.74) is 1.19. The molecular weight excluding hydrogens is 297 g/mol. The van der Waals surface area contributed by atoms with Gasteiger partial charge < -0.3 is 5.32 Å². The Kier molecular flexibility index (Phi) is 4.79. The van der Waals surface area contributed by atoms with Crippen LogP contribution in [0.15, 0.2) is 6.20 Å². The number of likely N-dealkylation sites (N-methyl/N-ethyl adjacent to an activating group) is 1. The maximum atomic E-state index is 12.8. The first-order valence-electron chi connectivity index (χ1n) is 7.31. The Morgan fingerprint density at radius 1 is 1.45 bits per heavy atom. The Morgan fingerprint density at radius 2 is 2.14 bits per heavy atom. The predicted octanol–water partition coefficient (Wildman–Crippen LogP) is 2.29. The van der Waals surface area contributed by atoms with Gasteiger partial charge in [-0.1, -0.05) is 13.8 Å². The molecule has 124 valence electrons. The molecule has 2 rings (SSSR count). The summed E-state index contributed by atoms with van der Waals surface area (Å²) in [6.45, 7) is 4.06. The largest absolute Gasteiger partial charge is 0.404 e. The molecule has 1 saturated heterocycles. The van der Waals surface area contributed by atoms with E-state index in [1.54, 1.807) is 0 Å². The lowest BCUT2D eigenvalue weighted by molar-refractivity contribution is -0.188. The summed E-state index contributed by atoms with van der Waals surface area (Å²) in [4.78, 5) is 13.5. The molecule has 22 heavy (non-hydrogen) atoms. The first kappa shape index (κ1) is 16.8. The number of hydrogen-bond acceptors (Lipinski definition) is 3. The molecule has 0 bridgehead atoms. The van der Waals surface area contributed by atoms with Gasteiger partial charge in [0.15, 0.2) is 0 Å². The number of aromatic nitrogens is 2. The standard InChI is InChI=1S/C14H21F3N4O/c1-8(2)12-10(6-18-20-12)13(22)19-9-4-5-11(14(15,16)17)21(3)7-9/h6,8-9,11H,4-5,7H2,1-3H3,(H,18,20)(H,19,22)/t9-,11+/m0/s1. The normalized spacial score (nSPS) is 23.8. The molecule has 0 saturated carbocycles. The molecule has 1 aliphatic heterocycles. The molecule has 5 nitrogen and oxygen atoms in total. The predicted molar refractivity (Wildman–Crippen MR) is 75.6 cm³/mol. The van der Waals surface area contributed by atoms with Gasteiger partial charge in [-0.2, -0.15) is 18.3 Å². The van der Waals surface area contributed by atoms with Crippen molar-refractivity contribution in [3.05, 3.63) is 17.5 Å². The van der Waals surface area contributed by atoms with Crippen LogP contribution in [0.2, 0.25) is 0 Å². The monoisotopic (exact) mass is 318 g/mol. The minimum atomic E-state index is -4.22. The highest BCUT2D eigenvalue weighted by atomic mass is 19.4. The van der Waals surface area contributed by atoms with E-state index in [1.807, 2.05) is 13.8 Å². The lowest BCUT2D eigenvalue weighted by Gasteiger charge is -2.38. The maximum Gasteiger partial charge on any atom is 0.404 e. The number of alkyl halides is 3. The van der Waals surface area contributed by atoms with E-state index >= 15 is 0 Å². The number of halogens is 3. The number of carbonyl (C=O) groups is 1. The van der Waals surface area contributed by atoms with Crippen molar-refractivity contribution < 1.29 is 18.0 Å². The number of nitrogens with zero attached hydrogens (tertiary/aromatic N) is 2. The molecule has 1 amide bonds. The second kappa shape index (κ2) is 6.28. The zero-order valence-electron chi connectivity index (χ0n) is 12.9. The topological polar surface area (TPSA) is 61.0 Å². The Balaban J connectivity index is 1.98. The van der Waals surface area contributed by atoms with E-state index in [1.165, 1.54) is 18.1 Å². The van der Waals surface area contributed by atoms with Crippen LogP contribution < -0.4 is 5.32 Å². The van der Waals surface area contributed by atoms with Crippen LogP contribution in [-0.4, -0.2) is 52.9 Å². The fourth-order valence-corrected chi connectivity index (χ4v) is 2.86. The highest BCUT2D eigenvalue weighted by Gasteiger charge is 2.44. The molecule has 1 fully saturated rings. The average molecular weight is 318 g/mol. The van der Waals surface area contributed by atoms with Crippen LogP contribution >= 0.6 is 0 Å². The molecule has 1 aliphatic rings. The van der Waals surface area contributed by atoms with Gasteiger partial charge in [-0.15, -0.1) is 0 Å². The van der Waals surface area contributed by atoms with Crippen molar-refractivity contribution >= 4 is 5.91 Å². The van der Waals surface area contributed by atoms with E-state index in [0.29, 0.717) is 12.0 Å². The van der Waals surface area contributed by atoms with Crippen molar-refractivity contribution in [2.24, 2.45) is 0 Å².